The van der Waals surface area contributed by atoms with Gasteiger partial charge in [0.2, 0.25) is 0 Å². The summed E-state index contributed by atoms with van der Waals surface area (Å²) in [7, 11) is 0. The normalized spacial score (nSPS) is 21.3. The van der Waals surface area contributed by atoms with Crippen LogP contribution < -0.4 is 4.74 Å². The molecule has 0 aliphatic heterocycles. The number of ether oxygens (including phenoxy) is 1. The van der Waals surface area contributed by atoms with Crippen molar-refractivity contribution in [1.29, 1.82) is 0 Å². The van der Waals surface area contributed by atoms with Gasteiger partial charge in [-0.1, -0.05) is 42.5 Å². The van der Waals surface area contributed by atoms with E-state index in [2.05, 4.69) is 0 Å². The van der Waals surface area contributed by atoms with Crippen molar-refractivity contribution in [1.82, 2.24) is 0 Å². The third kappa shape index (κ3) is 2.69. The van der Waals surface area contributed by atoms with Gasteiger partial charge < -0.3 is 14.9 Å². The van der Waals surface area contributed by atoms with Crippen LogP contribution in [0.15, 0.2) is 48.5 Å². The van der Waals surface area contributed by atoms with Crippen LogP contribution in [0, 0.1) is 0 Å². The zero-order valence-corrected chi connectivity index (χ0v) is 11.2. The van der Waals surface area contributed by atoms with E-state index in [4.69, 9.17) is 4.74 Å². The molecule has 1 aliphatic carbocycles. The molecular weight excluding hydrogens is 252 g/mol. The molecule has 20 heavy (non-hydrogen) atoms. The first-order chi connectivity index (χ1) is 9.74. The number of hydrogen-bond donors (Lipinski definition) is 2. The molecule has 3 nitrogen and oxygen atoms in total. The van der Waals surface area contributed by atoms with Crippen LogP contribution in [0.5, 0.6) is 5.75 Å². The highest BCUT2D eigenvalue weighted by Gasteiger charge is 2.27. The summed E-state index contributed by atoms with van der Waals surface area (Å²) < 4.78 is 5.88. The van der Waals surface area contributed by atoms with Gasteiger partial charge in [0, 0.05) is 18.4 Å². The van der Waals surface area contributed by atoms with Crippen molar-refractivity contribution in [2.24, 2.45) is 0 Å². The maximum Gasteiger partial charge on any atom is 0.123 e. The minimum atomic E-state index is -0.705. The first-order valence-corrected chi connectivity index (χ1v) is 6.87. The third-order valence-corrected chi connectivity index (χ3v) is 3.75. The fourth-order valence-corrected chi connectivity index (χ4v) is 2.61. The first-order valence-electron chi connectivity index (χ1n) is 6.87. The summed E-state index contributed by atoms with van der Waals surface area (Å²) in [4.78, 5) is 0. The van der Waals surface area contributed by atoms with E-state index in [1.165, 1.54) is 0 Å². The van der Waals surface area contributed by atoms with Gasteiger partial charge in [0.05, 0.1) is 12.2 Å². The van der Waals surface area contributed by atoms with Gasteiger partial charge >= 0.3 is 0 Å². The van der Waals surface area contributed by atoms with Crippen molar-refractivity contribution in [2.45, 2.75) is 31.7 Å². The van der Waals surface area contributed by atoms with Crippen molar-refractivity contribution in [3.8, 4) is 5.75 Å². The fourth-order valence-electron chi connectivity index (χ4n) is 2.61. The number of hydrogen-bond acceptors (Lipinski definition) is 3. The van der Waals surface area contributed by atoms with E-state index in [1.54, 1.807) is 0 Å². The lowest BCUT2D eigenvalue weighted by atomic mass is 9.87. The molecule has 2 atom stereocenters. The zero-order chi connectivity index (χ0) is 13.9. The molecule has 3 rings (SSSR count). The van der Waals surface area contributed by atoms with Crippen molar-refractivity contribution in [3.05, 3.63) is 65.2 Å². The molecule has 2 aromatic rings. The molecule has 0 fully saturated rings. The monoisotopic (exact) mass is 270 g/mol. The number of fused-ring (bicyclic) bond motifs is 1. The molecular formula is C17H18O3. The van der Waals surface area contributed by atoms with E-state index in [9.17, 15) is 10.2 Å². The second-order valence-corrected chi connectivity index (χ2v) is 5.21. The summed E-state index contributed by atoms with van der Waals surface area (Å²) in [6.45, 7) is 0.510. The quantitative estimate of drug-likeness (QED) is 0.898. The summed E-state index contributed by atoms with van der Waals surface area (Å²) in [6.07, 6.45) is -0.448. The number of aliphatic hydroxyl groups is 2. The lowest BCUT2D eigenvalue weighted by molar-refractivity contribution is 0.0135. The molecule has 3 heteroatoms. The molecule has 2 unspecified atom stereocenters. The Balaban J connectivity index is 1.79. The summed E-state index contributed by atoms with van der Waals surface area (Å²) in [6, 6.07) is 15.8. The van der Waals surface area contributed by atoms with Gasteiger partial charge in [0.1, 0.15) is 12.4 Å². The Labute approximate surface area is 118 Å². The van der Waals surface area contributed by atoms with Crippen LogP contribution in [0.3, 0.4) is 0 Å². The van der Waals surface area contributed by atoms with E-state index in [0.29, 0.717) is 19.4 Å². The van der Waals surface area contributed by atoms with Crippen molar-refractivity contribution < 1.29 is 14.9 Å². The van der Waals surface area contributed by atoms with Gasteiger partial charge in [-0.15, -0.1) is 0 Å². The van der Waals surface area contributed by atoms with Gasteiger partial charge in [0.25, 0.3) is 0 Å². The molecule has 2 N–H and O–H groups in total. The molecule has 1 aliphatic rings. The molecule has 0 radical (unpaired) electrons. The van der Waals surface area contributed by atoms with Crippen LogP contribution in [0.1, 0.15) is 16.7 Å². The zero-order valence-electron chi connectivity index (χ0n) is 11.2. The van der Waals surface area contributed by atoms with Gasteiger partial charge in [-0.05, 0) is 17.2 Å². The maximum atomic E-state index is 9.83. The lowest BCUT2D eigenvalue weighted by Gasteiger charge is -2.27. The first kappa shape index (κ1) is 13.2. The highest BCUT2D eigenvalue weighted by Crippen LogP contribution is 2.30. The molecule has 2 aromatic carbocycles. The highest BCUT2D eigenvalue weighted by molar-refractivity contribution is 5.43. The molecule has 0 spiro atoms. The molecule has 0 saturated carbocycles. The van der Waals surface area contributed by atoms with E-state index in [0.717, 1.165) is 22.4 Å². The van der Waals surface area contributed by atoms with Crippen LogP contribution >= 0.6 is 0 Å². The largest absolute Gasteiger partial charge is 0.489 e. The molecule has 0 amide bonds. The van der Waals surface area contributed by atoms with Crippen LogP contribution in [-0.4, -0.2) is 22.4 Å². The Morgan fingerprint density at radius 2 is 1.65 bits per heavy atom. The Morgan fingerprint density at radius 1 is 0.900 bits per heavy atom. The summed E-state index contributed by atoms with van der Waals surface area (Å²) >= 11 is 0. The molecule has 0 heterocycles. The van der Waals surface area contributed by atoms with E-state index >= 15 is 0 Å². The van der Waals surface area contributed by atoms with Gasteiger partial charge in [-0.3, -0.25) is 0 Å². The highest BCUT2D eigenvalue weighted by atomic mass is 16.5. The molecule has 0 saturated heterocycles. The van der Waals surface area contributed by atoms with Gasteiger partial charge in [-0.2, -0.15) is 0 Å². The predicted molar refractivity (Wildman–Crippen MR) is 76.6 cm³/mol. The topological polar surface area (TPSA) is 49.7 Å². The summed E-state index contributed by atoms with van der Waals surface area (Å²) in [5.74, 6) is 0.803. The SMILES string of the molecule is OC1Cc2cccc(OCc3ccccc3)c2CC1O. The maximum absolute atomic E-state index is 9.83. The number of rotatable bonds is 3. The summed E-state index contributed by atoms with van der Waals surface area (Å²) in [5, 5.41) is 19.6. The Bertz CT molecular complexity index is 580. The minimum absolute atomic E-state index is 0.446. The number of aliphatic hydroxyl groups excluding tert-OH is 2. The third-order valence-electron chi connectivity index (χ3n) is 3.75. The number of benzene rings is 2. The molecule has 0 aromatic heterocycles. The molecule has 104 valence electrons. The van der Waals surface area contributed by atoms with E-state index < -0.39 is 12.2 Å². The predicted octanol–water partition coefficient (Wildman–Crippen LogP) is 2.09. The average molecular weight is 270 g/mol. The fraction of sp³-hybridized carbons (Fsp3) is 0.294. The Kier molecular flexibility index (Phi) is 3.72. The molecule has 0 bridgehead atoms. The van der Waals surface area contributed by atoms with Crippen molar-refractivity contribution in [3.63, 3.8) is 0 Å². The van der Waals surface area contributed by atoms with Crippen molar-refractivity contribution in [2.75, 3.05) is 0 Å². The van der Waals surface area contributed by atoms with Crippen LogP contribution in [0.4, 0.5) is 0 Å². The standard InChI is InChI=1S/C17H18O3/c18-15-9-13-7-4-8-17(14(13)10-16(15)19)20-11-12-5-2-1-3-6-12/h1-8,15-16,18-19H,9-11H2. The van der Waals surface area contributed by atoms with Crippen LogP contribution in [0.25, 0.3) is 0 Å². The second-order valence-electron chi connectivity index (χ2n) is 5.21. The Morgan fingerprint density at radius 3 is 2.45 bits per heavy atom. The van der Waals surface area contributed by atoms with E-state index in [-0.39, 0.29) is 0 Å². The van der Waals surface area contributed by atoms with E-state index in [1.807, 2.05) is 48.5 Å². The Hall–Kier alpha value is -1.84. The van der Waals surface area contributed by atoms with Crippen LogP contribution in [0.2, 0.25) is 0 Å². The smallest absolute Gasteiger partial charge is 0.123 e. The minimum Gasteiger partial charge on any atom is -0.489 e. The van der Waals surface area contributed by atoms with Gasteiger partial charge in [0.15, 0.2) is 0 Å². The van der Waals surface area contributed by atoms with Crippen molar-refractivity contribution >= 4 is 0 Å². The van der Waals surface area contributed by atoms with Gasteiger partial charge in [-0.25, -0.2) is 0 Å². The second kappa shape index (κ2) is 5.65. The average Bonchev–Trinajstić information content (AvgIpc) is 2.47. The van der Waals surface area contributed by atoms with Crippen LogP contribution in [-0.2, 0) is 19.4 Å². The lowest BCUT2D eigenvalue weighted by Crippen LogP contribution is -2.34. The summed E-state index contributed by atoms with van der Waals surface area (Å²) in [5.41, 5.74) is 3.19.